The number of hydrogen-bond donors (Lipinski definition) is 1. The monoisotopic (exact) mass is 331 g/mol. The molecule has 1 aromatic heterocycles. The smallest absolute Gasteiger partial charge is 0.221 e. The van der Waals surface area contributed by atoms with Gasteiger partial charge < -0.3 is 10.1 Å². The summed E-state index contributed by atoms with van der Waals surface area (Å²) in [5.74, 6) is 0.0557. The molecule has 19 heavy (non-hydrogen) atoms. The first-order valence-corrected chi connectivity index (χ1v) is 7.39. The standard InChI is InChI=1S/C13H22BrN3O2/c1-4-19-9-5-7-15-12(18)6-8-17-11(3)13(14)10(2)16-17/h4-9H2,1-3H3,(H,15,18). The molecule has 0 bridgehead atoms. The summed E-state index contributed by atoms with van der Waals surface area (Å²) in [7, 11) is 0. The Bertz CT molecular complexity index is 418. The summed E-state index contributed by atoms with van der Waals surface area (Å²) < 4.78 is 8.08. The predicted octanol–water partition coefficient (Wildman–Crippen LogP) is 2.20. The van der Waals surface area contributed by atoms with Crippen LogP contribution >= 0.6 is 15.9 Å². The van der Waals surface area contributed by atoms with Crippen molar-refractivity contribution >= 4 is 21.8 Å². The highest BCUT2D eigenvalue weighted by Crippen LogP contribution is 2.19. The third-order valence-corrected chi connectivity index (χ3v) is 3.98. The maximum atomic E-state index is 11.6. The number of amides is 1. The summed E-state index contributed by atoms with van der Waals surface area (Å²) in [5.41, 5.74) is 2.01. The van der Waals surface area contributed by atoms with Gasteiger partial charge in [0.05, 0.1) is 16.7 Å². The minimum Gasteiger partial charge on any atom is -0.382 e. The molecule has 0 saturated carbocycles. The van der Waals surface area contributed by atoms with Gasteiger partial charge >= 0.3 is 0 Å². The van der Waals surface area contributed by atoms with Crippen LogP contribution in [0.15, 0.2) is 4.47 Å². The number of ether oxygens (including phenoxy) is 1. The Labute approximate surface area is 122 Å². The van der Waals surface area contributed by atoms with Gasteiger partial charge in [0.15, 0.2) is 0 Å². The van der Waals surface area contributed by atoms with Crippen molar-refractivity contribution in [1.82, 2.24) is 15.1 Å². The van der Waals surface area contributed by atoms with Crippen LogP contribution in [0.1, 0.15) is 31.2 Å². The highest BCUT2D eigenvalue weighted by Gasteiger charge is 2.09. The van der Waals surface area contributed by atoms with E-state index in [0.717, 1.165) is 28.9 Å². The lowest BCUT2D eigenvalue weighted by molar-refractivity contribution is -0.121. The van der Waals surface area contributed by atoms with Crippen molar-refractivity contribution in [3.8, 4) is 0 Å². The molecule has 5 nitrogen and oxygen atoms in total. The molecule has 108 valence electrons. The Hall–Kier alpha value is -0.880. The van der Waals surface area contributed by atoms with Crippen LogP contribution in [0, 0.1) is 13.8 Å². The third kappa shape index (κ3) is 5.32. The zero-order valence-corrected chi connectivity index (χ0v) is 13.4. The number of nitrogens with zero attached hydrogens (tertiary/aromatic N) is 2. The van der Waals surface area contributed by atoms with E-state index in [2.05, 4.69) is 26.3 Å². The summed E-state index contributed by atoms with van der Waals surface area (Å²) in [5, 5.41) is 7.25. The lowest BCUT2D eigenvalue weighted by atomic mass is 10.3. The summed E-state index contributed by atoms with van der Waals surface area (Å²) in [6.45, 7) is 8.59. The highest BCUT2D eigenvalue weighted by molar-refractivity contribution is 9.10. The molecule has 0 aliphatic rings. The average Bonchev–Trinajstić information content (AvgIpc) is 2.63. The Balaban J connectivity index is 2.24. The zero-order valence-electron chi connectivity index (χ0n) is 11.8. The summed E-state index contributed by atoms with van der Waals surface area (Å²) in [6, 6.07) is 0. The van der Waals surface area contributed by atoms with Gasteiger partial charge in [0, 0.05) is 31.9 Å². The molecular formula is C13H22BrN3O2. The minimum absolute atomic E-state index is 0.0557. The second kappa shape index (κ2) is 8.32. The van der Waals surface area contributed by atoms with E-state index in [1.165, 1.54) is 0 Å². The summed E-state index contributed by atoms with van der Waals surface area (Å²) in [6.07, 6.45) is 1.30. The van der Waals surface area contributed by atoms with Crippen molar-refractivity contribution in [2.45, 2.75) is 40.2 Å². The molecule has 0 aliphatic carbocycles. The van der Waals surface area contributed by atoms with Crippen molar-refractivity contribution in [2.24, 2.45) is 0 Å². The van der Waals surface area contributed by atoms with Crippen LogP contribution in [-0.2, 0) is 16.1 Å². The van der Waals surface area contributed by atoms with E-state index in [9.17, 15) is 4.79 Å². The SMILES string of the molecule is CCOCCCNC(=O)CCn1nc(C)c(Br)c1C. The quantitative estimate of drug-likeness (QED) is 0.743. The number of nitrogens with one attached hydrogen (secondary N) is 1. The Kier molecular flexibility index (Phi) is 7.09. The van der Waals surface area contributed by atoms with Crippen LogP contribution in [0.2, 0.25) is 0 Å². The molecule has 1 aromatic rings. The van der Waals surface area contributed by atoms with Gasteiger partial charge in [0.2, 0.25) is 5.91 Å². The molecule has 0 aliphatic heterocycles. The van der Waals surface area contributed by atoms with E-state index in [4.69, 9.17) is 4.74 Å². The number of carbonyl (C=O) groups is 1. The normalized spacial score (nSPS) is 10.7. The summed E-state index contributed by atoms with van der Waals surface area (Å²) in [4.78, 5) is 11.6. The maximum Gasteiger partial charge on any atom is 0.221 e. The Morgan fingerprint density at radius 3 is 2.79 bits per heavy atom. The van der Waals surface area contributed by atoms with Crippen LogP contribution < -0.4 is 5.32 Å². The number of aryl methyl sites for hydroxylation is 2. The average molecular weight is 332 g/mol. The van der Waals surface area contributed by atoms with Gasteiger partial charge in [-0.15, -0.1) is 0 Å². The van der Waals surface area contributed by atoms with E-state index in [0.29, 0.717) is 26.1 Å². The molecule has 0 radical (unpaired) electrons. The van der Waals surface area contributed by atoms with Gasteiger partial charge in [-0.25, -0.2) is 0 Å². The topological polar surface area (TPSA) is 56.1 Å². The molecule has 0 fully saturated rings. The van der Waals surface area contributed by atoms with Crippen LogP contribution in [-0.4, -0.2) is 35.4 Å². The molecule has 1 rings (SSSR count). The number of hydrogen-bond acceptors (Lipinski definition) is 3. The van der Waals surface area contributed by atoms with Crippen molar-refractivity contribution in [2.75, 3.05) is 19.8 Å². The molecule has 0 unspecified atom stereocenters. The largest absolute Gasteiger partial charge is 0.382 e. The molecule has 0 atom stereocenters. The van der Waals surface area contributed by atoms with Gasteiger partial charge in [0.1, 0.15) is 0 Å². The first-order chi connectivity index (χ1) is 9.06. The third-order valence-electron chi connectivity index (χ3n) is 2.84. The van der Waals surface area contributed by atoms with Gasteiger partial charge in [-0.3, -0.25) is 9.48 Å². The van der Waals surface area contributed by atoms with E-state index in [1.807, 2.05) is 25.5 Å². The Morgan fingerprint density at radius 2 is 2.21 bits per heavy atom. The van der Waals surface area contributed by atoms with Crippen LogP contribution in [0.5, 0.6) is 0 Å². The number of halogens is 1. The van der Waals surface area contributed by atoms with E-state index >= 15 is 0 Å². The van der Waals surface area contributed by atoms with Gasteiger partial charge in [-0.2, -0.15) is 5.10 Å². The van der Waals surface area contributed by atoms with Gasteiger partial charge in [0.25, 0.3) is 0 Å². The molecule has 0 saturated heterocycles. The van der Waals surface area contributed by atoms with E-state index < -0.39 is 0 Å². The van der Waals surface area contributed by atoms with Crippen molar-refractivity contribution in [3.05, 3.63) is 15.9 Å². The van der Waals surface area contributed by atoms with Crippen molar-refractivity contribution in [3.63, 3.8) is 0 Å². The molecule has 1 N–H and O–H groups in total. The fraction of sp³-hybridized carbons (Fsp3) is 0.692. The molecule has 0 spiro atoms. The Morgan fingerprint density at radius 1 is 1.47 bits per heavy atom. The van der Waals surface area contributed by atoms with Crippen LogP contribution in [0.25, 0.3) is 0 Å². The first-order valence-electron chi connectivity index (χ1n) is 6.60. The number of aromatic nitrogens is 2. The molecular weight excluding hydrogens is 310 g/mol. The second-order valence-corrected chi connectivity index (χ2v) is 5.15. The molecule has 0 aromatic carbocycles. The van der Waals surface area contributed by atoms with Crippen LogP contribution in [0.3, 0.4) is 0 Å². The minimum atomic E-state index is 0.0557. The molecule has 1 amide bonds. The predicted molar refractivity (Wildman–Crippen MR) is 78.1 cm³/mol. The van der Waals surface area contributed by atoms with Crippen LogP contribution in [0.4, 0.5) is 0 Å². The second-order valence-electron chi connectivity index (χ2n) is 4.36. The van der Waals surface area contributed by atoms with E-state index in [-0.39, 0.29) is 5.91 Å². The number of rotatable bonds is 8. The number of carbonyl (C=O) groups excluding carboxylic acids is 1. The molecule has 1 heterocycles. The fourth-order valence-corrected chi connectivity index (χ4v) is 2.02. The van der Waals surface area contributed by atoms with Crippen molar-refractivity contribution < 1.29 is 9.53 Å². The lowest BCUT2D eigenvalue weighted by Crippen LogP contribution is -2.26. The maximum absolute atomic E-state index is 11.6. The van der Waals surface area contributed by atoms with E-state index in [1.54, 1.807) is 0 Å². The molecule has 6 heteroatoms. The fourth-order valence-electron chi connectivity index (χ4n) is 1.73. The lowest BCUT2D eigenvalue weighted by Gasteiger charge is -2.06. The van der Waals surface area contributed by atoms with Crippen molar-refractivity contribution in [1.29, 1.82) is 0 Å². The van der Waals surface area contributed by atoms with Gasteiger partial charge in [-0.1, -0.05) is 0 Å². The first kappa shape index (κ1) is 16.2. The zero-order chi connectivity index (χ0) is 14.3. The van der Waals surface area contributed by atoms with Gasteiger partial charge in [-0.05, 0) is 43.1 Å². The highest BCUT2D eigenvalue weighted by atomic mass is 79.9. The summed E-state index contributed by atoms with van der Waals surface area (Å²) >= 11 is 3.48.